The van der Waals surface area contributed by atoms with Gasteiger partial charge in [-0.2, -0.15) is 0 Å². The number of amides is 1. The number of aromatic nitrogens is 1. The van der Waals surface area contributed by atoms with Gasteiger partial charge in [0.15, 0.2) is 0 Å². The Kier molecular flexibility index (Phi) is 3.15. The molecule has 6 heteroatoms. The fourth-order valence-corrected chi connectivity index (χ4v) is 2.68. The second kappa shape index (κ2) is 4.97. The fourth-order valence-electron chi connectivity index (χ4n) is 2.68. The molecule has 6 nitrogen and oxygen atoms in total. The van der Waals surface area contributed by atoms with E-state index < -0.39 is 12.0 Å². The molecule has 1 atom stereocenters. The van der Waals surface area contributed by atoms with E-state index in [0.29, 0.717) is 18.7 Å². The average molecular weight is 273 g/mol. The summed E-state index contributed by atoms with van der Waals surface area (Å²) in [5.74, 6) is -1.08. The Morgan fingerprint density at radius 3 is 2.90 bits per heavy atom. The van der Waals surface area contributed by atoms with Crippen LogP contribution >= 0.6 is 0 Å². The highest BCUT2D eigenvalue weighted by molar-refractivity contribution is 5.89. The van der Waals surface area contributed by atoms with E-state index in [4.69, 9.17) is 0 Å². The molecule has 3 N–H and O–H groups in total. The molecule has 1 aromatic heterocycles. The minimum atomic E-state index is -0.940. The van der Waals surface area contributed by atoms with Crippen molar-refractivity contribution in [3.05, 3.63) is 36.0 Å². The van der Waals surface area contributed by atoms with Gasteiger partial charge in [0.25, 0.3) is 0 Å². The number of aromatic amines is 1. The number of carbonyl (C=O) groups excluding carboxylic acids is 1. The molecule has 0 unspecified atom stereocenters. The number of hydrogen-bond acceptors (Lipinski definition) is 3. The maximum Gasteiger partial charge on any atom is 0.325 e. The first kappa shape index (κ1) is 12.7. The molecule has 0 saturated carbocycles. The van der Waals surface area contributed by atoms with Crippen LogP contribution in [0.4, 0.5) is 0 Å². The summed E-state index contributed by atoms with van der Waals surface area (Å²) in [6.45, 7) is 1.11. The highest BCUT2D eigenvalue weighted by atomic mass is 16.4. The number of rotatable bonds is 3. The number of carboxylic acids is 1. The van der Waals surface area contributed by atoms with E-state index in [9.17, 15) is 14.7 Å². The van der Waals surface area contributed by atoms with Gasteiger partial charge in [-0.1, -0.05) is 18.2 Å². The Morgan fingerprint density at radius 1 is 1.35 bits per heavy atom. The van der Waals surface area contributed by atoms with E-state index in [1.54, 1.807) is 11.1 Å². The van der Waals surface area contributed by atoms with E-state index in [2.05, 4.69) is 10.3 Å². The Labute approximate surface area is 115 Å². The van der Waals surface area contributed by atoms with E-state index in [-0.39, 0.29) is 12.5 Å². The van der Waals surface area contributed by atoms with Crippen molar-refractivity contribution in [3.8, 4) is 0 Å². The Bertz CT molecular complexity index is 664. The third-order valence-electron chi connectivity index (χ3n) is 3.58. The number of nitrogens with one attached hydrogen (secondary N) is 2. The van der Waals surface area contributed by atoms with E-state index in [1.165, 1.54) is 0 Å². The van der Waals surface area contributed by atoms with Crippen LogP contribution in [0.15, 0.2) is 30.5 Å². The topological polar surface area (TPSA) is 85.4 Å². The Morgan fingerprint density at radius 2 is 2.15 bits per heavy atom. The third-order valence-corrected chi connectivity index (χ3v) is 3.58. The van der Waals surface area contributed by atoms with Gasteiger partial charge in [-0.05, 0) is 6.07 Å². The van der Waals surface area contributed by atoms with Crippen molar-refractivity contribution in [1.82, 2.24) is 15.2 Å². The van der Waals surface area contributed by atoms with Gasteiger partial charge < -0.3 is 15.4 Å². The summed E-state index contributed by atoms with van der Waals surface area (Å²) in [5.41, 5.74) is 1.60. The largest absolute Gasteiger partial charge is 0.480 e. The molecule has 0 aliphatic carbocycles. The summed E-state index contributed by atoms with van der Waals surface area (Å²) in [4.78, 5) is 27.9. The maximum absolute atomic E-state index is 11.7. The summed E-state index contributed by atoms with van der Waals surface area (Å²) in [6, 6.07) is 6.76. The molecule has 2 heterocycles. The predicted octanol–water partition coefficient (Wildman–Crippen LogP) is 0.725. The second-order valence-corrected chi connectivity index (χ2v) is 4.85. The molecular weight excluding hydrogens is 258 g/mol. The van der Waals surface area contributed by atoms with Crippen LogP contribution in [0.1, 0.15) is 11.6 Å². The minimum Gasteiger partial charge on any atom is -0.480 e. The maximum atomic E-state index is 11.7. The molecule has 0 spiro atoms. The molecule has 1 amide bonds. The molecule has 0 radical (unpaired) electrons. The van der Waals surface area contributed by atoms with Crippen molar-refractivity contribution in [2.75, 3.05) is 19.6 Å². The SMILES string of the molecule is O=C1CN([C@H](C(=O)O)c2c[nH]c3ccccc23)CCN1. The lowest BCUT2D eigenvalue weighted by Gasteiger charge is -2.31. The van der Waals surface area contributed by atoms with Crippen LogP contribution in [-0.4, -0.2) is 46.5 Å². The summed E-state index contributed by atoms with van der Waals surface area (Å²) < 4.78 is 0. The third kappa shape index (κ3) is 2.14. The zero-order valence-electron chi connectivity index (χ0n) is 10.8. The molecule has 2 aromatic rings. The second-order valence-electron chi connectivity index (χ2n) is 4.85. The Hall–Kier alpha value is -2.34. The van der Waals surface area contributed by atoms with Crippen LogP contribution in [0, 0.1) is 0 Å². The van der Waals surface area contributed by atoms with Gasteiger partial charge in [-0.15, -0.1) is 0 Å². The quantitative estimate of drug-likeness (QED) is 0.769. The number of carboxylic acid groups (broad SMARTS) is 1. The van der Waals surface area contributed by atoms with Crippen LogP contribution in [0.2, 0.25) is 0 Å². The molecule has 1 aliphatic rings. The first-order chi connectivity index (χ1) is 9.66. The molecule has 3 rings (SSSR count). The number of carbonyl (C=O) groups is 2. The average Bonchev–Trinajstić information content (AvgIpc) is 2.83. The monoisotopic (exact) mass is 273 g/mol. The lowest BCUT2D eigenvalue weighted by Crippen LogP contribution is -2.50. The van der Waals surface area contributed by atoms with Crippen molar-refractivity contribution >= 4 is 22.8 Å². The predicted molar refractivity (Wildman–Crippen MR) is 73.3 cm³/mol. The van der Waals surface area contributed by atoms with Gasteiger partial charge in [0.05, 0.1) is 6.54 Å². The van der Waals surface area contributed by atoms with Crippen LogP contribution in [-0.2, 0) is 9.59 Å². The molecule has 1 fully saturated rings. The van der Waals surface area contributed by atoms with Crippen molar-refractivity contribution < 1.29 is 14.7 Å². The Balaban J connectivity index is 2.02. The molecule has 104 valence electrons. The van der Waals surface area contributed by atoms with Gasteiger partial charge >= 0.3 is 5.97 Å². The number of piperazine rings is 1. The van der Waals surface area contributed by atoms with Crippen molar-refractivity contribution in [1.29, 1.82) is 0 Å². The van der Waals surface area contributed by atoms with Gasteiger partial charge in [-0.25, -0.2) is 0 Å². The van der Waals surface area contributed by atoms with E-state index >= 15 is 0 Å². The van der Waals surface area contributed by atoms with Gasteiger partial charge in [0.2, 0.25) is 5.91 Å². The van der Waals surface area contributed by atoms with Gasteiger partial charge in [0.1, 0.15) is 6.04 Å². The lowest BCUT2D eigenvalue weighted by atomic mass is 10.0. The highest BCUT2D eigenvalue weighted by Crippen LogP contribution is 2.28. The molecule has 20 heavy (non-hydrogen) atoms. The first-order valence-corrected chi connectivity index (χ1v) is 6.46. The molecule has 0 bridgehead atoms. The number of benzene rings is 1. The normalized spacial score (nSPS) is 17.9. The zero-order chi connectivity index (χ0) is 14.1. The van der Waals surface area contributed by atoms with Crippen LogP contribution in [0.3, 0.4) is 0 Å². The number of para-hydroxylation sites is 1. The van der Waals surface area contributed by atoms with Gasteiger partial charge in [-0.3, -0.25) is 14.5 Å². The van der Waals surface area contributed by atoms with E-state index in [0.717, 1.165) is 10.9 Å². The number of hydrogen-bond donors (Lipinski definition) is 3. The van der Waals surface area contributed by atoms with Crippen LogP contribution in [0.25, 0.3) is 10.9 Å². The smallest absolute Gasteiger partial charge is 0.325 e. The summed E-state index contributed by atoms with van der Waals surface area (Å²) in [5, 5.41) is 13.1. The first-order valence-electron chi connectivity index (χ1n) is 6.46. The molecule has 1 aromatic carbocycles. The van der Waals surface area contributed by atoms with Crippen molar-refractivity contribution in [3.63, 3.8) is 0 Å². The molecular formula is C14H15N3O3. The summed E-state index contributed by atoms with van der Waals surface area (Å²) >= 11 is 0. The number of aliphatic carboxylic acids is 1. The van der Waals surface area contributed by atoms with Crippen LogP contribution in [0.5, 0.6) is 0 Å². The standard InChI is InChI=1S/C14H15N3O3/c18-12-8-17(6-5-15-12)13(14(19)20)10-7-16-11-4-2-1-3-9(10)11/h1-4,7,13,16H,5-6,8H2,(H,15,18)(H,19,20)/t13-/m0/s1. The van der Waals surface area contributed by atoms with Crippen molar-refractivity contribution in [2.45, 2.75) is 6.04 Å². The number of nitrogens with zero attached hydrogens (tertiary/aromatic N) is 1. The van der Waals surface area contributed by atoms with Gasteiger partial charge in [0, 0.05) is 35.8 Å². The lowest BCUT2D eigenvalue weighted by molar-refractivity contribution is -0.144. The summed E-state index contributed by atoms with van der Waals surface area (Å²) in [6.07, 6.45) is 1.72. The fraction of sp³-hybridized carbons (Fsp3) is 0.286. The van der Waals surface area contributed by atoms with Crippen LogP contribution < -0.4 is 5.32 Å². The highest BCUT2D eigenvalue weighted by Gasteiger charge is 2.32. The minimum absolute atomic E-state index is 0.108. The summed E-state index contributed by atoms with van der Waals surface area (Å²) in [7, 11) is 0. The van der Waals surface area contributed by atoms with Crippen molar-refractivity contribution in [2.24, 2.45) is 0 Å². The molecule has 1 aliphatic heterocycles. The zero-order valence-corrected chi connectivity index (χ0v) is 10.8. The molecule has 1 saturated heterocycles. The van der Waals surface area contributed by atoms with E-state index in [1.807, 2.05) is 24.3 Å². The number of H-pyrrole nitrogens is 1. The number of fused-ring (bicyclic) bond motifs is 1.